The molecule has 0 aliphatic carbocycles. The maximum absolute atomic E-state index is 11.7. The molecule has 0 saturated carbocycles. The Morgan fingerprint density at radius 2 is 2.14 bits per heavy atom. The number of rotatable bonds is 6. The average molecular weight is 303 g/mol. The molecule has 9 nitrogen and oxygen atoms in total. The Bertz CT molecular complexity index is 639. The van der Waals surface area contributed by atoms with Crippen molar-refractivity contribution < 1.29 is 9.59 Å². The lowest BCUT2D eigenvalue weighted by Crippen LogP contribution is -2.33. The number of nitrogens with one attached hydrogen (secondary N) is 3. The fraction of sp³-hybridized carbons (Fsp3) is 0.385. The first kappa shape index (κ1) is 15.5. The molecule has 9 heteroatoms. The van der Waals surface area contributed by atoms with Crippen LogP contribution in [0.25, 0.3) is 0 Å². The summed E-state index contributed by atoms with van der Waals surface area (Å²) in [6.07, 6.45) is 4.92. The van der Waals surface area contributed by atoms with Crippen LogP contribution in [0.5, 0.6) is 0 Å². The molecular formula is C13H17N7O2. The Labute approximate surface area is 127 Å². The van der Waals surface area contributed by atoms with Gasteiger partial charge in [0.1, 0.15) is 11.5 Å². The van der Waals surface area contributed by atoms with Crippen LogP contribution in [0.4, 0.5) is 5.95 Å². The number of carbonyl (C=O) groups is 2. The molecule has 0 aliphatic heterocycles. The summed E-state index contributed by atoms with van der Waals surface area (Å²) in [5.74, 6) is 0.428. The molecule has 0 aliphatic rings. The van der Waals surface area contributed by atoms with E-state index in [1.54, 1.807) is 0 Å². The second-order valence-electron chi connectivity index (χ2n) is 5.03. The number of H-pyrrole nitrogens is 1. The van der Waals surface area contributed by atoms with Crippen molar-refractivity contribution in [3.63, 3.8) is 0 Å². The van der Waals surface area contributed by atoms with E-state index in [4.69, 9.17) is 0 Å². The first-order valence-electron chi connectivity index (χ1n) is 6.80. The van der Waals surface area contributed by atoms with E-state index in [9.17, 15) is 9.59 Å². The lowest BCUT2D eigenvalue weighted by atomic mass is 10.1. The van der Waals surface area contributed by atoms with Gasteiger partial charge in [0.25, 0.3) is 5.91 Å². The van der Waals surface area contributed by atoms with Crippen LogP contribution in [0.2, 0.25) is 0 Å². The number of carbonyl (C=O) groups excluding carboxylic acids is 2. The van der Waals surface area contributed by atoms with Gasteiger partial charge in [-0.1, -0.05) is 13.8 Å². The van der Waals surface area contributed by atoms with Crippen LogP contribution in [0.1, 0.15) is 30.2 Å². The van der Waals surface area contributed by atoms with E-state index in [1.807, 2.05) is 0 Å². The molecule has 2 amide bonds. The highest BCUT2D eigenvalue weighted by Gasteiger charge is 2.11. The van der Waals surface area contributed by atoms with Crippen LogP contribution in [0.15, 0.2) is 18.6 Å². The summed E-state index contributed by atoms with van der Waals surface area (Å²) in [5, 5.41) is 11.6. The predicted molar refractivity (Wildman–Crippen MR) is 77.9 cm³/mol. The van der Waals surface area contributed by atoms with Crippen LogP contribution in [-0.4, -0.2) is 43.5 Å². The molecule has 0 saturated heterocycles. The van der Waals surface area contributed by atoms with Gasteiger partial charge in [0, 0.05) is 18.8 Å². The zero-order chi connectivity index (χ0) is 15.9. The van der Waals surface area contributed by atoms with Crippen LogP contribution < -0.4 is 10.6 Å². The molecule has 0 unspecified atom stereocenters. The third-order valence-electron chi connectivity index (χ3n) is 2.59. The highest BCUT2D eigenvalue weighted by Crippen LogP contribution is 2.04. The van der Waals surface area contributed by atoms with Gasteiger partial charge in [-0.15, -0.1) is 5.10 Å². The third-order valence-corrected chi connectivity index (χ3v) is 2.59. The van der Waals surface area contributed by atoms with Crippen molar-refractivity contribution in [3.8, 4) is 0 Å². The molecule has 0 radical (unpaired) electrons. The largest absolute Gasteiger partial charge is 0.342 e. The minimum atomic E-state index is -0.473. The van der Waals surface area contributed by atoms with Crippen LogP contribution in [0.3, 0.4) is 0 Å². The van der Waals surface area contributed by atoms with Gasteiger partial charge in [-0.3, -0.25) is 25.0 Å². The van der Waals surface area contributed by atoms with Gasteiger partial charge in [0.15, 0.2) is 0 Å². The van der Waals surface area contributed by atoms with Crippen molar-refractivity contribution >= 4 is 17.8 Å². The molecule has 0 atom stereocenters. The van der Waals surface area contributed by atoms with Crippen LogP contribution >= 0.6 is 0 Å². The van der Waals surface area contributed by atoms with E-state index >= 15 is 0 Å². The molecule has 2 rings (SSSR count). The van der Waals surface area contributed by atoms with Gasteiger partial charge < -0.3 is 5.32 Å². The molecule has 0 aromatic carbocycles. The lowest BCUT2D eigenvalue weighted by molar-refractivity contribution is -0.115. The Balaban J connectivity index is 1.80. The quantitative estimate of drug-likeness (QED) is 0.698. The monoisotopic (exact) mass is 303 g/mol. The van der Waals surface area contributed by atoms with Gasteiger partial charge in [-0.2, -0.15) is 4.98 Å². The summed E-state index contributed by atoms with van der Waals surface area (Å²) in [5.41, 5.74) is 0.146. The second-order valence-corrected chi connectivity index (χ2v) is 5.03. The summed E-state index contributed by atoms with van der Waals surface area (Å²) < 4.78 is 0. The molecule has 3 N–H and O–H groups in total. The predicted octanol–water partition coefficient (Wildman–Crippen LogP) is 0.162. The van der Waals surface area contributed by atoms with Gasteiger partial charge in [0.05, 0.1) is 12.7 Å². The van der Waals surface area contributed by atoms with Crippen molar-refractivity contribution in [1.29, 1.82) is 0 Å². The van der Waals surface area contributed by atoms with Gasteiger partial charge in [-0.25, -0.2) is 4.98 Å². The van der Waals surface area contributed by atoms with E-state index < -0.39 is 11.8 Å². The van der Waals surface area contributed by atoms with Gasteiger partial charge in [-0.05, 0) is 5.92 Å². The number of aromatic nitrogens is 5. The maximum Gasteiger partial charge on any atom is 0.271 e. The fourth-order valence-corrected chi connectivity index (χ4v) is 1.67. The zero-order valence-electron chi connectivity index (χ0n) is 12.3. The van der Waals surface area contributed by atoms with Crippen molar-refractivity contribution in [2.24, 2.45) is 5.92 Å². The minimum Gasteiger partial charge on any atom is -0.342 e. The van der Waals surface area contributed by atoms with E-state index in [2.05, 4.69) is 49.6 Å². The Hall–Kier alpha value is -2.84. The number of hydrogen-bond acceptors (Lipinski definition) is 6. The molecule has 2 aromatic heterocycles. The molecule has 0 bridgehead atoms. The number of amides is 2. The van der Waals surface area contributed by atoms with Gasteiger partial charge >= 0.3 is 0 Å². The molecule has 2 heterocycles. The SMILES string of the molecule is CC(C)Cc1nc(NC(=O)CNC(=O)c2cnccn2)n[nH]1. The van der Waals surface area contributed by atoms with Gasteiger partial charge in [0.2, 0.25) is 11.9 Å². The Kier molecular flexibility index (Phi) is 5.12. The number of nitrogens with zero attached hydrogens (tertiary/aromatic N) is 4. The van der Waals surface area contributed by atoms with E-state index in [0.29, 0.717) is 11.7 Å². The average Bonchev–Trinajstić information content (AvgIpc) is 2.92. The molecule has 0 fully saturated rings. The summed E-state index contributed by atoms with van der Waals surface area (Å²) in [7, 11) is 0. The third kappa shape index (κ3) is 4.62. The van der Waals surface area contributed by atoms with Crippen molar-refractivity contribution in [2.45, 2.75) is 20.3 Å². The standard InChI is InChI=1S/C13H17N7O2/c1-8(2)5-10-17-13(20-19-10)18-11(21)7-16-12(22)9-6-14-3-4-15-9/h3-4,6,8H,5,7H2,1-2H3,(H,16,22)(H2,17,18,19,20,21). The highest BCUT2D eigenvalue weighted by molar-refractivity contribution is 5.97. The van der Waals surface area contributed by atoms with Crippen molar-refractivity contribution in [3.05, 3.63) is 30.1 Å². The summed E-state index contributed by atoms with van der Waals surface area (Å²) >= 11 is 0. The van der Waals surface area contributed by atoms with Crippen LogP contribution in [0, 0.1) is 5.92 Å². The number of anilines is 1. The number of aromatic amines is 1. The lowest BCUT2D eigenvalue weighted by Gasteiger charge is -2.03. The Morgan fingerprint density at radius 1 is 1.32 bits per heavy atom. The summed E-state index contributed by atoms with van der Waals surface area (Å²) in [6.45, 7) is 3.91. The maximum atomic E-state index is 11.7. The molecule has 2 aromatic rings. The second kappa shape index (κ2) is 7.25. The smallest absolute Gasteiger partial charge is 0.271 e. The number of hydrogen-bond donors (Lipinski definition) is 3. The van der Waals surface area contributed by atoms with Crippen LogP contribution in [-0.2, 0) is 11.2 Å². The van der Waals surface area contributed by atoms with E-state index in [-0.39, 0.29) is 18.2 Å². The van der Waals surface area contributed by atoms with E-state index in [0.717, 1.165) is 6.42 Å². The summed E-state index contributed by atoms with van der Waals surface area (Å²) in [4.78, 5) is 35.2. The van der Waals surface area contributed by atoms with E-state index in [1.165, 1.54) is 18.6 Å². The fourth-order valence-electron chi connectivity index (χ4n) is 1.67. The Morgan fingerprint density at radius 3 is 2.82 bits per heavy atom. The zero-order valence-corrected chi connectivity index (χ0v) is 12.3. The molecular weight excluding hydrogens is 286 g/mol. The van der Waals surface area contributed by atoms with Crippen molar-refractivity contribution in [1.82, 2.24) is 30.5 Å². The minimum absolute atomic E-state index is 0.146. The molecule has 116 valence electrons. The molecule has 22 heavy (non-hydrogen) atoms. The van der Waals surface area contributed by atoms with Crippen molar-refractivity contribution in [2.75, 3.05) is 11.9 Å². The summed E-state index contributed by atoms with van der Waals surface area (Å²) in [6, 6.07) is 0. The molecule has 0 spiro atoms. The normalized spacial score (nSPS) is 10.5. The first-order chi connectivity index (χ1) is 10.5. The first-order valence-corrected chi connectivity index (χ1v) is 6.80. The highest BCUT2D eigenvalue weighted by atomic mass is 16.2. The topological polar surface area (TPSA) is 126 Å².